The molecule has 1 aromatic rings. The van der Waals surface area contributed by atoms with Crippen LogP contribution in [-0.4, -0.2) is 6.09 Å². The molecule has 0 radical (unpaired) electrons. The zero-order valence-electron chi connectivity index (χ0n) is 5.87. The molecule has 0 N–H and O–H groups in total. The third kappa shape index (κ3) is 1.77. The molecular formula is C7H6BrNO2. The Kier molecular flexibility index (Phi) is 2.24. The van der Waals surface area contributed by atoms with Gasteiger partial charge < -0.3 is 9.90 Å². The van der Waals surface area contributed by atoms with E-state index in [2.05, 4.69) is 15.9 Å². The van der Waals surface area contributed by atoms with E-state index in [4.69, 9.17) is 0 Å². The molecule has 0 aliphatic rings. The Morgan fingerprint density at radius 3 is 2.73 bits per heavy atom. The zero-order chi connectivity index (χ0) is 8.43. The second-order valence-electron chi connectivity index (χ2n) is 2.17. The van der Waals surface area contributed by atoms with E-state index in [0.717, 1.165) is 10.1 Å². The molecule has 0 saturated heterocycles. The Labute approximate surface area is 72.4 Å². The maximum absolute atomic E-state index is 10.4. The maximum atomic E-state index is 10.4. The highest BCUT2D eigenvalue weighted by Gasteiger charge is 2.08. The van der Waals surface area contributed by atoms with Gasteiger partial charge in [0, 0.05) is 27.6 Å². The third-order valence-electron chi connectivity index (χ3n) is 1.24. The number of hydrogen-bond acceptors (Lipinski definition) is 2. The SMILES string of the molecule is Cc1ccc(Br)[n+](C(=O)[O-])c1. The van der Waals surface area contributed by atoms with Gasteiger partial charge in [0.05, 0.1) is 0 Å². The molecular weight excluding hydrogens is 210 g/mol. The molecule has 0 spiro atoms. The molecule has 1 rings (SSSR count). The van der Waals surface area contributed by atoms with Gasteiger partial charge >= 0.3 is 6.09 Å². The fourth-order valence-corrected chi connectivity index (χ4v) is 1.11. The van der Waals surface area contributed by atoms with Gasteiger partial charge in [0.1, 0.15) is 0 Å². The normalized spacial score (nSPS) is 9.64. The van der Waals surface area contributed by atoms with E-state index in [1.165, 1.54) is 6.20 Å². The van der Waals surface area contributed by atoms with Gasteiger partial charge in [-0.1, -0.05) is 0 Å². The summed E-state index contributed by atoms with van der Waals surface area (Å²) in [4.78, 5) is 10.4. The van der Waals surface area contributed by atoms with Crippen molar-refractivity contribution < 1.29 is 14.5 Å². The van der Waals surface area contributed by atoms with E-state index in [9.17, 15) is 9.90 Å². The van der Waals surface area contributed by atoms with Crippen LogP contribution in [0.5, 0.6) is 0 Å². The molecule has 0 aliphatic carbocycles. The van der Waals surface area contributed by atoms with Crippen LogP contribution in [0.2, 0.25) is 0 Å². The van der Waals surface area contributed by atoms with E-state index in [-0.39, 0.29) is 0 Å². The Bertz CT molecular complexity index is 298. The number of aromatic nitrogens is 1. The molecule has 4 heteroatoms. The zero-order valence-corrected chi connectivity index (χ0v) is 7.46. The summed E-state index contributed by atoms with van der Waals surface area (Å²) in [6.07, 6.45) is 0.250. The van der Waals surface area contributed by atoms with Crippen LogP contribution in [0.1, 0.15) is 5.56 Å². The van der Waals surface area contributed by atoms with Crippen LogP contribution in [-0.2, 0) is 0 Å². The van der Waals surface area contributed by atoms with Gasteiger partial charge in [0.2, 0.25) is 0 Å². The Morgan fingerprint density at radius 2 is 2.27 bits per heavy atom. The molecule has 0 atom stereocenters. The first-order valence-electron chi connectivity index (χ1n) is 3.00. The van der Waals surface area contributed by atoms with Gasteiger partial charge in [-0.15, -0.1) is 4.57 Å². The topological polar surface area (TPSA) is 44.0 Å². The Morgan fingerprint density at radius 1 is 1.64 bits per heavy atom. The summed E-state index contributed by atoms with van der Waals surface area (Å²) in [5.74, 6) is 0. The highest BCUT2D eigenvalue weighted by atomic mass is 79.9. The number of carbonyl (C=O) groups is 1. The largest absolute Gasteiger partial charge is 0.490 e. The molecule has 3 nitrogen and oxygen atoms in total. The number of aryl methyl sites for hydroxylation is 1. The predicted octanol–water partition coefficient (Wildman–Crippen LogP) is 0.236. The fourth-order valence-electron chi connectivity index (χ4n) is 0.729. The second kappa shape index (κ2) is 3.00. The number of hydrogen-bond donors (Lipinski definition) is 0. The average molecular weight is 216 g/mol. The summed E-state index contributed by atoms with van der Waals surface area (Å²) in [6.45, 7) is 1.81. The number of rotatable bonds is 0. The summed E-state index contributed by atoms with van der Waals surface area (Å²) < 4.78 is 1.48. The highest BCUT2D eigenvalue weighted by Crippen LogP contribution is 2.02. The van der Waals surface area contributed by atoms with Gasteiger partial charge in [-0.3, -0.25) is 0 Å². The van der Waals surface area contributed by atoms with Crippen molar-refractivity contribution in [2.75, 3.05) is 0 Å². The number of pyridine rings is 1. The number of nitrogens with zero attached hydrogens (tertiary/aromatic N) is 1. The van der Waals surface area contributed by atoms with Gasteiger partial charge in [0.15, 0.2) is 6.20 Å². The van der Waals surface area contributed by atoms with Gasteiger partial charge in [0.25, 0.3) is 4.60 Å². The lowest BCUT2D eigenvalue weighted by atomic mass is 10.3. The van der Waals surface area contributed by atoms with Crippen LogP contribution in [0, 0.1) is 6.92 Å². The van der Waals surface area contributed by atoms with Gasteiger partial charge in [-0.05, 0) is 13.0 Å². The monoisotopic (exact) mass is 215 g/mol. The number of carboxylic acid groups (broad SMARTS) is 1. The number of carbonyl (C=O) groups excluding carboxylic acids is 1. The lowest BCUT2D eigenvalue weighted by molar-refractivity contribution is -0.640. The number of halogens is 1. The van der Waals surface area contributed by atoms with Crippen LogP contribution < -0.4 is 9.67 Å². The first-order chi connectivity index (χ1) is 5.11. The minimum absolute atomic E-state index is 0.475. The molecule has 0 bridgehead atoms. The molecule has 11 heavy (non-hydrogen) atoms. The summed E-state index contributed by atoms with van der Waals surface area (Å²) in [7, 11) is 0. The van der Waals surface area contributed by atoms with Crippen LogP contribution >= 0.6 is 15.9 Å². The van der Waals surface area contributed by atoms with E-state index in [0.29, 0.717) is 4.60 Å². The molecule has 1 aromatic heterocycles. The molecule has 58 valence electrons. The lowest BCUT2D eigenvalue weighted by Gasteiger charge is -1.97. The predicted molar refractivity (Wildman–Crippen MR) is 39.9 cm³/mol. The molecule has 0 aliphatic heterocycles. The first kappa shape index (κ1) is 8.20. The van der Waals surface area contributed by atoms with Crippen molar-refractivity contribution >= 4 is 22.0 Å². The van der Waals surface area contributed by atoms with Crippen molar-refractivity contribution in [3.05, 3.63) is 28.5 Å². The van der Waals surface area contributed by atoms with E-state index < -0.39 is 6.09 Å². The molecule has 0 fully saturated rings. The van der Waals surface area contributed by atoms with Crippen molar-refractivity contribution in [1.82, 2.24) is 0 Å². The fraction of sp³-hybridized carbons (Fsp3) is 0.143. The van der Waals surface area contributed by atoms with Gasteiger partial charge in [-0.2, -0.15) is 0 Å². The average Bonchev–Trinajstić information content (AvgIpc) is 1.94. The van der Waals surface area contributed by atoms with Crippen molar-refractivity contribution in [1.29, 1.82) is 0 Å². The van der Waals surface area contributed by atoms with Gasteiger partial charge in [-0.25, -0.2) is 0 Å². The molecule has 1 heterocycles. The summed E-state index contributed by atoms with van der Waals surface area (Å²) in [5.41, 5.74) is 0.873. The van der Waals surface area contributed by atoms with Crippen molar-refractivity contribution in [3.8, 4) is 0 Å². The molecule has 0 amide bonds. The van der Waals surface area contributed by atoms with Crippen LogP contribution in [0.15, 0.2) is 22.9 Å². The highest BCUT2D eigenvalue weighted by molar-refractivity contribution is 9.10. The summed E-state index contributed by atoms with van der Waals surface area (Å²) in [6, 6.07) is 3.47. The maximum Gasteiger partial charge on any atom is 0.344 e. The van der Waals surface area contributed by atoms with Crippen molar-refractivity contribution in [2.45, 2.75) is 6.92 Å². The Hall–Kier alpha value is -0.900. The smallest absolute Gasteiger partial charge is 0.344 e. The van der Waals surface area contributed by atoms with Crippen molar-refractivity contribution in [2.24, 2.45) is 0 Å². The van der Waals surface area contributed by atoms with Crippen LogP contribution in [0.4, 0.5) is 4.79 Å². The van der Waals surface area contributed by atoms with Crippen LogP contribution in [0.25, 0.3) is 0 Å². The molecule has 0 unspecified atom stereocenters. The second-order valence-corrected chi connectivity index (χ2v) is 2.98. The van der Waals surface area contributed by atoms with Crippen LogP contribution in [0.3, 0.4) is 0 Å². The third-order valence-corrected chi connectivity index (χ3v) is 1.89. The quantitative estimate of drug-likeness (QED) is 0.460. The minimum atomic E-state index is -1.24. The minimum Gasteiger partial charge on any atom is -0.490 e. The molecule has 0 saturated carbocycles. The first-order valence-corrected chi connectivity index (χ1v) is 3.80. The standard InChI is InChI=1S/C7H6BrNO2/c1-5-2-3-6(8)9(4-5)7(10)11/h2-4H,1H3. The Balaban J connectivity index is 3.23. The molecule has 0 aromatic carbocycles. The van der Waals surface area contributed by atoms with E-state index in [1.807, 2.05) is 13.0 Å². The van der Waals surface area contributed by atoms with E-state index >= 15 is 0 Å². The summed E-state index contributed by atoms with van der Waals surface area (Å²) in [5, 5.41) is 10.4. The lowest BCUT2D eigenvalue weighted by Crippen LogP contribution is -2.52. The van der Waals surface area contributed by atoms with E-state index in [1.54, 1.807) is 6.07 Å². The van der Waals surface area contributed by atoms with Crippen molar-refractivity contribution in [3.63, 3.8) is 0 Å². The summed E-state index contributed by atoms with van der Waals surface area (Å²) >= 11 is 3.07.